The molecule has 9 heteroatoms. The summed E-state index contributed by atoms with van der Waals surface area (Å²) in [6, 6.07) is 8.79. The van der Waals surface area contributed by atoms with Gasteiger partial charge in [0.1, 0.15) is 6.04 Å². The van der Waals surface area contributed by atoms with Crippen LogP contribution in [0.25, 0.3) is 0 Å². The van der Waals surface area contributed by atoms with Crippen molar-refractivity contribution in [3.8, 4) is 0 Å². The van der Waals surface area contributed by atoms with Gasteiger partial charge < -0.3 is 20.5 Å². The number of carboxylic acid groups (broad SMARTS) is 1. The zero-order valence-electron chi connectivity index (χ0n) is 17.6. The number of carbonyl (C=O) groups excluding carboxylic acids is 3. The number of benzene rings is 1. The molecule has 0 bridgehead atoms. The van der Waals surface area contributed by atoms with E-state index in [1.165, 1.54) is 30.6 Å². The molecule has 0 fully saturated rings. The zero-order chi connectivity index (χ0) is 23.0. The topological polar surface area (TPSA) is 122 Å². The predicted octanol–water partition coefficient (Wildman–Crippen LogP) is 3.26. The standard InChI is InChI=1S/C22H26N2O6S/c1-13(2)11-17(21(28)23-15-8-6-14(7-9-15)22(29)30-3)24-20(27)16(12-19(25)26)18-5-4-10-31-18/h4-10,13,16-17H,11-12H2,1-3H3,(H,23,28)(H,24,27)(H,25,26)/t16?,17-/m0/s1. The Morgan fingerprint density at radius 3 is 2.26 bits per heavy atom. The molecular formula is C22H26N2O6S. The summed E-state index contributed by atoms with van der Waals surface area (Å²) in [4.78, 5) is 49.2. The molecule has 8 nitrogen and oxygen atoms in total. The van der Waals surface area contributed by atoms with Crippen molar-refractivity contribution in [2.24, 2.45) is 5.92 Å². The van der Waals surface area contributed by atoms with Crippen LogP contribution >= 0.6 is 11.3 Å². The molecule has 0 saturated carbocycles. The molecule has 0 aliphatic rings. The summed E-state index contributed by atoms with van der Waals surface area (Å²) in [6.45, 7) is 3.84. The minimum atomic E-state index is -1.09. The van der Waals surface area contributed by atoms with Crippen molar-refractivity contribution in [1.29, 1.82) is 0 Å². The molecule has 2 amide bonds. The molecule has 0 saturated heterocycles. The maximum atomic E-state index is 12.9. The summed E-state index contributed by atoms with van der Waals surface area (Å²) in [5.41, 5.74) is 0.806. The number of hydrogen-bond acceptors (Lipinski definition) is 6. The van der Waals surface area contributed by atoms with Gasteiger partial charge in [-0.2, -0.15) is 0 Å². The fourth-order valence-electron chi connectivity index (χ4n) is 3.00. The van der Waals surface area contributed by atoms with Crippen LogP contribution in [0.4, 0.5) is 5.69 Å². The summed E-state index contributed by atoms with van der Waals surface area (Å²) in [7, 11) is 1.28. The van der Waals surface area contributed by atoms with Crippen LogP contribution in [0.15, 0.2) is 41.8 Å². The van der Waals surface area contributed by atoms with E-state index < -0.39 is 35.7 Å². The fraction of sp³-hybridized carbons (Fsp3) is 0.364. The molecule has 0 radical (unpaired) electrons. The number of thiophene rings is 1. The second kappa shape index (κ2) is 11.3. The van der Waals surface area contributed by atoms with Gasteiger partial charge in [-0.25, -0.2) is 4.79 Å². The van der Waals surface area contributed by atoms with Gasteiger partial charge in [-0.1, -0.05) is 19.9 Å². The molecule has 3 N–H and O–H groups in total. The van der Waals surface area contributed by atoms with E-state index in [0.29, 0.717) is 22.5 Å². The van der Waals surface area contributed by atoms with Crippen LogP contribution < -0.4 is 10.6 Å². The van der Waals surface area contributed by atoms with Crippen molar-refractivity contribution in [2.45, 2.75) is 38.6 Å². The van der Waals surface area contributed by atoms with Crippen LogP contribution in [0.3, 0.4) is 0 Å². The normalized spacial score (nSPS) is 12.6. The first-order valence-corrected chi connectivity index (χ1v) is 10.6. The molecule has 1 aromatic carbocycles. The van der Waals surface area contributed by atoms with Crippen LogP contribution in [0, 0.1) is 5.92 Å². The van der Waals surface area contributed by atoms with Crippen LogP contribution in [0.1, 0.15) is 47.8 Å². The summed E-state index contributed by atoms with van der Waals surface area (Å²) in [5.74, 6) is -3.28. The van der Waals surface area contributed by atoms with E-state index in [9.17, 15) is 24.3 Å². The van der Waals surface area contributed by atoms with Gasteiger partial charge >= 0.3 is 11.9 Å². The van der Waals surface area contributed by atoms with Crippen LogP contribution in [-0.2, 0) is 19.1 Å². The van der Waals surface area contributed by atoms with Gasteiger partial charge in [0.05, 0.1) is 25.0 Å². The Bertz CT molecular complexity index is 909. The first kappa shape index (κ1) is 24.1. The lowest BCUT2D eigenvalue weighted by molar-refractivity contribution is -0.139. The maximum absolute atomic E-state index is 12.9. The minimum absolute atomic E-state index is 0.109. The molecule has 0 aliphatic heterocycles. The number of anilines is 1. The molecule has 1 heterocycles. The largest absolute Gasteiger partial charge is 0.481 e. The number of rotatable bonds is 10. The van der Waals surface area contributed by atoms with E-state index in [4.69, 9.17) is 0 Å². The van der Waals surface area contributed by atoms with Crippen molar-refractivity contribution in [2.75, 3.05) is 12.4 Å². The van der Waals surface area contributed by atoms with Gasteiger partial charge in [-0.15, -0.1) is 11.3 Å². The number of carbonyl (C=O) groups is 4. The number of aliphatic carboxylic acids is 1. The number of carboxylic acids is 1. The van der Waals surface area contributed by atoms with E-state index in [0.717, 1.165) is 0 Å². The first-order valence-electron chi connectivity index (χ1n) is 9.76. The van der Waals surface area contributed by atoms with Gasteiger partial charge in [-0.3, -0.25) is 14.4 Å². The highest BCUT2D eigenvalue weighted by Gasteiger charge is 2.29. The highest BCUT2D eigenvalue weighted by molar-refractivity contribution is 7.10. The van der Waals surface area contributed by atoms with Crippen molar-refractivity contribution in [3.63, 3.8) is 0 Å². The monoisotopic (exact) mass is 446 g/mol. The minimum Gasteiger partial charge on any atom is -0.481 e. The van der Waals surface area contributed by atoms with Crippen molar-refractivity contribution < 1.29 is 29.0 Å². The van der Waals surface area contributed by atoms with Crippen molar-refractivity contribution in [1.82, 2.24) is 5.32 Å². The lowest BCUT2D eigenvalue weighted by Crippen LogP contribution is -2.46. The average molecular weight is 447 g/mol. The number of nitrogens with one attached hydrogen (secondary N) is 2. The van der Waals surface area contributed by atoms with Gasteiger partial charge in [0, 0.05) is 10.6 Å². The second-order valence-corrected chi connectivity index (χ2v) is 8.39. The predicted molar refractivity (Wildman–Crippen MR) is 117 cm³/mol. The number of amides is 2. The van der Waals surface area contributed by atoms with Gasteiger partial charge in [0.2, 0.25) is 11.8 Å². The van der Waals surface area contributed by atoms with Crippen molar-refractivity contribution >= 4 is 40.8 Å². The quantitative estimate of drug-likeness (QED) is 0.482. The van der Waals surface area contributed by atoms with Crippen LogP contribution in [0.5, 0.6) is 0 Å². The Kier molecular flexibility index (Phi) is 8.75. The number of ether oxygens (including phenoxy) is 1. The maximum Gasteiger partial charge on any atom is 0.337 e. The fourth-order valence-corrected chi connectivity index (χ4v) is 3.82. The third-order valence-electron chi connectivity index (χ3n) is 4.50. The van der Waals surface area contributed by atoms with E-state index in [-0.39, 0.29) is 12.3 Å². The number of esters is 1. The summed E-state index contributed by atoms with van der Waals surface area (Å²) in [6.07, 6.45) is 0.0133. The smallest absolute Gasteiger partial charge is 0.337 e. The SMILES string of the molecule is COC(=O)c1ccc(NC(=O)[C@H](CC(C)C)NC(=O)C(CC(=O)O)c2cccs2)cc1. The second-order valence-electron chi connectivity index (χ2n) is 7.41. The molecule has 1 unspecified atom stereocenters. The molecule has 2 rings (SSSR count). The highest BCUT2D eigenvalue weighted by Crippen LogP contribution is 2.25. The summed E-state index contributed by atoms with van der Waals surface area (Å²) in [5, 5.41) is 16.4. The molecule has 2 atom stereocenters. The number of methoxy groups -OCH3 is 1. The average Bonchev–Trinajstić information content (AvgIpc) is 3.25. The van der Waals surface area contributed by atoms with Crippen LogP contribution in [-0.4, -0.2) is 42.0 Å². The third-order valence-corrected chi connectivity index (χ3v) is 5.48. The molecule has 0 aliphatic carbocycles. The summed E-state index contributed by atoms with van der Waals surface area (Å²) < 4.78 is 4.65. The van der Waals surface area contributed by atoms with Gasteiger partial charge in [-0.05, 0) is 48.1 Å². The van der Waals surface area contributed by atoms with E-state index >= 15 is 0 Å². The molecule has 31 heavy (non-hydrogen) atoms. The molecular weight excluding hydrogens is 420 g/mol. The Morgan fingerprint density at radius 1 is 1.06 bits per heavy atom. The van der Waals surface area contributed by atoms with Gasteiger partial charge in [0.15, 0.2) is 0 Å². The Morgan fingerprint density at radius 2 is 1.74 bits per heavy atom. The Hall–Kier alpha value is -3.20. The number of hydrogen-bond donors (Lipinski definition) is 3. The van der Waals surface area contributed by atoms with Crippen molar-refractivity contribution in [3.05, 3.63) is 52.2 Å². The van der Waals surface area contributed by atoms with E-state index in [1.54, 1.807) is 29.6 Å². The molecule has 1 aromatic heterocycles. The Balaban J connectivity index is 2.14. The van der Waals surface area contributed by atoms with E-state index in [1.807, 2.05) is 13.8 Å². The lowest BCUT2D eigenvalue weighted by Gasteiger charge is -2.23. The zero-order valence-corrected chi connectivity index (χ0v) is 18.4. The first-order chi connectivity index (χ1) is 14.7. The lowest BCUT2D eigenvalue weighted by atomic mass is 9.99. The molecule has 0 spiro atoms. The highest BCUT2D eigenvalue weighted by atomic mass is 32.1. The molecule has 2 aromatic rings. The molecule has 166 valence electrons. The summed E-state index contributed by atoms with van der Waals surface area (Å²) >= 11 is 1.30. The Labute approximate surface area is 184 Å². The van der Waals surface area contributed by atoms with Crippen LogP contribution in [0.2, 0.25) is 0 Å². The third kappa shape index (κ3) is 7.21. The van der Waals surface area contributed by atoms with E-state index in [2.05, 4.69) is 15.4 Å². The van der Waals surface area contributed by atoms with Gasteiger partial charge in [0.25, 0.3) is 0 Å².